The van der Waals surface area contributed by atoms with Gasteiger partial charge in [-0.2, -0.15) is 0 Å². The van der Waals surface area contributed by atoms with E-state index in [2.05, 4.69) is 52.2 Å². The zero-order chi connectivity index (χ0) is 20.7. The molecule has 5 rings (SSSR count). The molecule has 3 aromatic rings. The Labute approximate surface area is 175 Å². The molecule has 1 aromatic heterocycles. The lowest BCUT2D eigenvalue weighted by Gasteiger charge is -2.34. The largest absolute Gasteiger partial charge is 0.490 e. The molecule has 2 aliphatic rings. The average molecular weight is 404 g/mol. The van der Waals surface area contributed by atoms with Gasteiger partial charge in [0, 0.05) is 31.1 Å². The molecule has 2 aliphatic heterocycles. The number of nitrogens with one attached hydrogen (secondary N) is 1. The van der Waals surface area contributed by atoms with Crippen molar-refractivity contribution in [3.05, 3.63) is 70.9 Å². The van der Waals surface area contributed by atoms with E-state index < -0.39 is 5.82 Å². The Balaban J connectivity index is 1.47. The molecule has 6 heteroatoms. The quantitative estimate of drug-likeness (QED) is 0.710. The molecule has 0 spiro atoms. The van der Waals surface area contributed by atoms with Crippen molar-refractivity contribution in [3.8, 4) is 17.0 Å². The summed E-state index contributed by atoms with van der Waals surface area (Å²) in [6.07, 6.45) is 1.86. The summed E-state index contributed by atoms with van der Waals surface area (Å²) in [7, 11) is 0. The third kappa shape index (κ3) is 3.52. The number of aromatic nitrogens is 2. The molecule has 2 aromatic carbocycles. The first-order valence-corrected chi connectivity index (χ1v) is 10.4. The van der Waals surface area contributed by atoms with Crippen LogP contribution in [-0.2, 0) is 19.5 Å². The summed E-state index contributed by atoms with van der Waals surface area (Å²) < 4.78 is 20.5. The molecule has 5 nitrogen and oxygen atoms in total. The summed E-state index contributed by atoms with van der Waals surface area (Å²) in [4.78, 5) is 11.1. The van der Waals surface area contributed by atoms with Gasteiger partial charge in [0.15, 0.2) is 5.82 Å². The summed E-state index contributed by atoms with van der Waals surface area (Å²) in [6, 6.07) is 12.5. The number of rotatable bonds is 4. The molecule has 154 valence electrons. The molecule has 0 saturated carbocycles. The molecule has 0 saturated heterocycles. The Morgan fingerprint density at radius 3 is 2.87 bits per heavy atom. The maximum Gasteiger partial charge on any atom is 0.167 e. The van der Waals surface area contributed by atoms with Crippen molar-refractivity contribution in [1.29, 1.82) is 0 Å². The Hall–Kier alpha value is -2.99. The first-order valence-electron chi connectivity index (χ1n) is 10.4. The molecule has 0 atom stereocenters. The van der Waals surface area contributed by atoms with Crippen LogP contribution in [-0.4, -0.2) is 29.2 Å². The number of nitrogens with zero attached hydrogens (tertiary/aromatic N) is 3. The van der Waals surface area contributed by atoms with Crippen molar-refractivity contribution >= 4 is 5.69 Å². The molecule has 1 N–H and O–H groups in total. The Bertz CT molecular complexity index is 1100. The lowest BCUT2D eigenvalue weighted by atomic mass is 10.0. The number of hydrogen-bond acceptors (Lipinski definition) is 5. The second-order valence-corrected chi connectivity index (χ2v) is 8.18. The fourth-order valence-electron chi connectivity index (χ4n) is 4.25. The number of benzene rings is 2. The predicted molar refractivity (Wildman–Crippen MR) is 115 cm³/mol. The highest BCUT2D eigenvalue weighted by molar-refractivity contribution is 5.72. The van der Waals surface area contributed by atoms with Gasteiger partial charge in [-0.05, 0) is 48.7 Å². The second-order valence-electron chi connectivity index (χ2n) is 8.18. The van der Waals surface area contributed by atoms with Crippen LogP contribution in [0, 0.1) is 5.82 Å². The molecular weight excluding hydrogens is 379 g/mol. The third-order valence-electron chi connectivity index (χ3n) is 5.81. The van der Waals surface area contributed by atoms with Crippen LogP contribution < -0.4 is 15.0 Å². The molecular formula is C24H25FN4O. The fraction of sp³-hybridized carbons (Fsp3) is 0.333. The average Bonchev–Trinajstić information content (AvgIpc) is 3.22. The Morgan fingerprint density at radius 2 is 2.00 bits per heavy atom. The summed E-state index contributed by atoms with van der Waals surface area (Å²) >= 11 is 0. The minimum atomic E-state index is -0.412. The van der Waals surface area contributed by atoms with Crippen molar-refractivity contribution in [3.63, 3.8) is 0 Å². The monoisotopic (exact) mass is 404 g/mol. The van der Waals surface area contributed by atoms with Crippen LogP contribution in [0.4, 0.5) is 10.1 Å². The van der Waals surface area contributed by atoms with Gasteiger partial charge in [-0.1, -0.05) is 18.2 Å². The summed E-state index contributed by atoms with van der Waals surface area (Å²) in [5.41, 5.74) is 5.85. The number of fused-ring (bicyclic) bond motifs is 2. The Kier molecular flexibility index (Phi) is 4.87. The van der Waals surface area contributed by atoms with E-state index in [-0.39, 0.29) is 0 Å². The van der Waals surface area contributed by atoms with E-state index in [4.69, 9.17) is 4.74 Å². The van der Waals surface area contributed by atoms with Gasteiger partial charge in [0.05, 0.1) is 18.4 Å². The molecule has 0 aliphatic carbocycles. The van der Waals surface area contributed by atoms with E-state index in [9.17, 15) is 4.39 Å². The fourth-order valence-corrected chi connectivity index (χ4v) is 4.25. The van der Waals surface area contributed by atoms with E-state index in [1.54, 1.807) is 0 Å². The van der Waals surface area contributed by atoms with E-state index in [1.807, 2.05) is 18.2 Å². The van der Waals surface area contributed by atoms with Crippen LogP contribution in [0.2, 0.25) is 0 Å². The number of hydrogen-bond donors (Lipinski definition) is 1. The van der Waals surface area contributed by atoms with Crippen molar-refractivity contribution in [2.75, 3.05) is 18.1 Å². The molecule has 30 heavy (non-hydrogen) atoms. The highest BCUT2D eigenvalue weighted by Crippen LogP contribution is 2.36. The molecule has 0 unspecified atom stereocenters. The van der Waals surface area contributed by atoms with Crippen LogP contribution >= 0.6 is 0 Å². The highest BCUT2D eigenvalue weighted by Gasteiger charge is 2.22. The lowest BCUT2D eigenvalue weighted by molar-refractivity contribution is 0.303. The summed E-state index contributed by atoms with van der Waals surface area (Å²) in [6.45, 7) is 7.59. The zero-order valence-electron chi connectivity index (χ0n) is 17.3. The smallest absolute Gasteiger partial charge is 0.167 e. The highest BCUT2D eigenvalue weighted by atomic mass is 19.1. The van der Waals surface area contributed by atoms with Crippen molar-refractivity contribution in [2.24, 2.45) is 0 Å². The van der Waals surface area contributed by atoms with Gasteiger partial charge in [0.2, 0.25) is 0 Å². The standard InChI is InChI=1S/C24H25FN4O/c1-15(2)29-7-8-30-22-6-5-17(11-21(22)29)24-20(25)14-27-23(28-24)10-16-3-4-18-12-26-13-19(18)9-16/h3-6,9,11,14-15,26H,7-8,10,12-13H2,1-2H3. The first kappa shape index (κ1) is 19.0. The molecule has 0 bridgehead atoms. The maximum atomic E-state index is 14.7. The van der Waals surface area contributed by atoms with Crippen LogP contribution in [0.1, 0.15) is 36.4 Å². The van der Waals surface area contributed by atoms with Crippen LogP contribution in [0.15, 0.2) is 42.6 Å². The van der Waals surface area contributed by atoms with Gasteiger partial charge in [-0.3, -0.25) is 0 Å². The maximum absolute atomic E-state index is 14.7. The normalized spacial score (nSPS) is 15.1. The van der Waals surface area contributed by atoms with E-state index >= 15 is 0 Å². The van der Waals surface area contributed by atoms with Crippen molar-refractivity contribution in [1.82, 2.24) is 15.3 Å². The lowest BCUT2D eigenvalue weighted by Crippen LogP contribution is -2.37. The Morgan fingerprint density at radius 1 is 1.13 bits per heavy atom. The molecule has 0 radical (unpaired) electrons. The van der Waals surface area contributed by atoms with Gasteiger partial charge in [-0.15, -0.1) is 0 Å². The number of ether oxygens (including phenoxy) is 1. The number of halogens is 1. The van der Waals surface area contributed by atoms with Crippen LogP contribution in [0.5, 0.6) is 5.75 Å². The summed E-state index contributed by atoms with van der Waals surface area (Å²) in [5.74, 6) is 1.04. The van der Waals surface area contributed by atoms with Crippen LogP contribution in [0.3, 0.4) is 0 Å². The summed E-state index contributed by atoms with van der Waals surface area (Å²) in [5, 5.41) is 3.36. The SMILES string of the molecule is CC(C)N1CCOc2ccc(-c3nc(Cc4ccc5c(c4)CNC5)ncc3F)cc21. The zero-order valence-corrected chi connectivity index (χ0v) is 17.3. The van der Waals surface area contributed by atoms with Crippen molar-refractivity contribution < 1.29 is 9.13 Å². The molecule has 3 heterocycles. The van der Waals surface area contributed by atoms with Gasteiger partial charge < -0.3 is 15.0 Å². The molecule has 0 fully saturated rings. The van der Waals surface area contributed by atoms with Crippen molar-refractivity contribution in [2.45, 2.75) is 39.4 Å². The van der Waals surface area contributed by atoms with Gasteiger partial charge in [-0.25, -0.2) is 14.4 Å². The van der Waals surface area contributed by atoms with E-state index in [0.29, 0.717) is 30.6 Å². The molecule has 0 amide bonds. The predicted octanol–water partition coefficient (Wildman–Crippen LogP) is 4.08. The van der Waals surface area contributed by atoms with Gasteiger partial charge in [0.25, 0.3) is 0 Å². The minimum Gasteiger partial charge on any atom is -0.490 e. The van der Waals surface area contributed by atoms with E-state index in [0.717, 1.165) is 42.2 Å². The van der Waals surface area contributed by atoms with Crippen LogP contribution in [0.25, 0.3) is 11.3 Å². The van der Waals surface area contributed by atoms with E-state index in [1.165, 1.54) is 17.3 Å². The second kappa shape index (κ2) is 7.69. The topological polar surface area (TPSA) is 50.3 Å². The van der Waals surface area contributed by atoms with Gasteiger partial charge in [0.1, 0.15) is 23.9 Å². The minimum absolute atomic E-state index is 0.333. The third-order valence-corrected chi connectivity index (χ3v) is 5.81. The first-order chi connectivity index (χ1) is 14.6. The number of anilines is 1. The van der Waals surface area contributed by atoms with Gasteiger partial charge >= 0.3 is 0 Å².